The molecule has 3 nitrogen and oxygen atoms in total. The van der Waals surface area contributed by atoms with Crippen molar-refractivity contribution in [2.45, 2.75) is 12.1 Å². The minimum atomic E-state index is 0.378. The van der Waals surface area contributed by atoms with E-state index in [2.05, 4.69) is 62.7 Å². The zero-order chi connectivity index (χ0) is 16.2. The lowest BCUT2D eigenvalue weighted by Gasteiger charge is -2.14. The van der Waals surface area contributed by atoms with Gasteiger partial charge in [0.2, 0.25) is 0 Å². The van der Waals surface area contributed by atoms with Gasteiger partial charge in [-0.15, -0.1) is 0 Å². The first-order valence-electron chi connectivity index (χ1n) is 7.10. The third kappa shape index (κ3) is 3.34. The summed E-state index contributed by atoms with van der Waals surface area (Å²) in [4.78, 5) is 4.53. The van der Waals surface area contributed by atoms with Crippen molar-refractivity contribution in [1.29, 1.82) is 5.26 Å². The number of hydrogen-bond acceptors (Lipinski definition) is 3. The predicted octanol–water partition coefficient (Wildman–Crippen LogP) is 5.23. The highest BCUT2D eigenvalue weighted by atomic mass is 79.9. The molecule has 0 fully saturated rings. The number of aryl methyl sites for hydroxylation is 1. The van der Waals surface area contributed by atoms with Crippen molar-refractivity contribution in [3.63, 3.8) is 0 Å². The van der Waals surface area contributed by atoms with Crippen LogP contribution in [0.15, 0.2) is 64.4 Å². The largest absolute Gasteiger partial charge is 0.287 e. The van der Waals surface area contributed by atoms with Gasteiger partial charge in [-0.25, -0.2) is 4.98 Å². The van der Waals surface area contributed by atoms with Crippen molar-refractivity contribution < 1.29 is 0 Å². The molecule has 0 aliphatic rings. The van der Waals surface area contributed by atoms with Crippen LogP contribution in [-0.4, -0.2) is 15.3 Å². The lowest BCUT2D eigenvalue weighted by Crippen LogP contribution is -2.01. The van der Waals surface area contributed by atoms with Crippen LogP contribution in [0.5, 0.6) is 0 Å². The first kappa shape index (κ1) is 15.9. The number of imidazole rings is 1. The Morgan fingerprint density at radius 3 is 2.61 bits per heavy atom. The maximum Gasteiger partial charge on any atom is 0.174 e. The standard InChI is InChI=1S/C18H14BrN3S/c1-13-4-2-3-5-16(13)22-17(12-21-18(22)23-11-10-20)14-6-8-15(19)9-7-14/h2-9,12H,11H2,1H3. The Hall–Kier alpha value is -2.03. The first-order valence-corrected chi connectivity index (χ1v) is 8.88. The average molecular weight is 384 g/mol. The number of benzene rings is 2. The van der Waals surface area contributed by atoms with Crippen LogP contribution < -0.4 is 0 Å². The summed E-state index contributed by atoms with van der Waals surface area (Å²) in [6.07, 6.45) is 1.87. The van der Waals surface area contributed by atoms with Gasteiger partial charge >= 0.3 is 0 Å². The van der Waals surface area contributed by atoms with Gasteiger partial charge in [0.1, 0.15) is 0 Å². The molecule has 0 amide bonds. The second kappa shape index (κ2) is 7.03. The maximum absolute atomic E-state index is 8.88. The molecule has 0 saturated heterocycles. The summed E-state index contributed by atoms with van der Waals surface area (Å²) >= 11 is 4.92. The molecule has 1 heterocycles. The summed E-state index contributed by atoms with van der Waals surface area (Å²) in [6, 6.07) is 18.5. The Kier molecular flexibility index (Phi) is 4.85. The zero-order valence-corrected chi connectivity index (χ0v) is 14.9. The fourth-order valence-electron chi connectivity index (χ4n) is 2.40. The topological polar surface area (TPSA) is 41.6 Å². The van der Waals surface area contributed by atoms with Gasteiger partial charge in [-0.3, -0.25) is 4.57 Å². The molecule has 5 heteroatoms. The minimum absolute atomic E-state index is 0.378. The molecule has 0 aliphatic heterocycles. The summed E-state index contributed by atoms with van der Waals surface area (Å²) in [5, 5.41) is 9.72. The Labute approximate surface area is 148 Å². The number of nitrogens with zero attached hydrogens (tertiary/aromatic N) is 3. The summed E-state index contributed by atoms with van der Waals surface area (Å²) < 4.78 is 3.17. The number of aromatic nitrogens is 2. The van der Waals surface area contributed by atoms with E-state index >= 15 is 0 Å². The van der Waals surface area contributed by atoms with Crippen LogP contribution in [-0.2, 0) is 0 Å². The van der Waals surface area contributed by atoms with Crippen molar-refractivity contribution in [2.75, 3.05) is 5.75 Å². The molecular weight excluding hydrogens is 370 g/mol. The van der Waals surface area contributed by atoms with Crippen molar-refractivity contribution in [2.24, 2.45) is 0 Å². The third-order valence-electron chi connectivity index (χ3n) is 3.49. The van der Waals surface area contributed by atoms with Gasteiger partial charge < -0.3 is 0 Å². The van der Waals surface area contributed by atoms with E-state index in [-0.39, 0.29) is 0 Å². The van der Waals surface area contributed by atoms with E-state index in [1.807, 2.05) is 30.5 Å². The highest BCUT2D eigenvalue weighted by molar-refractivity contribution is 9.10. The summed E-state index contributed by atoms with van der Waals surface area (Å²) in [5.74, 6) is 0.378. The van der Waals surface area contributed by atoms with Crippen LogP contribution >= 0.6 is 27.7 Å². The number of thioether (sulfide) groups is 1. The smallest absolute Gasteiger partial charge is 0.174 e. The van der Waals surface area contributed by atoms with Gasteiger partial charge in [-0.05, 0) is 30.7 Å². The van der Waals surface area contributed by atoms with Crippen molar-refractivity contribution in [3.05, 3.63) is 64.8 Å². The van der Waals surface area contributed by atoms with Crippen LogP contribution in [0, 0.1) is 18.3 Å². The van der Waals surface area contributed by atoms with Crippen LogP contribution in [0.4, 0.5) is 0 Å². The number of halogens is 1. The third-order valence-corrected chi connectivity index (χ3v) is 4.84. The molecule has 23 heavy (non-hydrogen) atoms. The molecule has 0 bridgehead atoms. The first-order chi connectivity index (χ1) is 11.2. The molecule has 0 N–H and O–H groups in total. The van der Waals surface area contributed by atoms with Gasteiger partial charge in [0.05, 0.1) is 29.4 Å². The SMILES string of the molecule is Cc1ccccc1-n1c(-c2ccc(Br)cc2)cnc1SCC#N. The van der Waals surface area contributed by atoms with Gasteiger partial charge in [0, 0.05) is 10.0 Å². The van der Waals surface area contributed by atoms with Crippen molar-refractivity contribution in [1.82, 2.24) is 9.55 Å². The van der Waals surface area contributed by atoms with E-state index in [0.717, 1.165) is 26.6 Å². The van der Waals surface area contributed by atoms with E-state index in [0.29, 0.717) is 5.75 Å². The molecule has 0 aliphatic carbocycles. The van der Waals surface area contributed by atoms with Gasteiger partial charge in [0.25, 0.3) is 0 Å². The lowest BCUT2D eigenvalue weighted by molar-refractivity contribution is 0.894. The number of hydrogen-bond donors (Lipinski definition) is 0. The van der Waals surface area contributed by atoms with Crippen LogP contribution in [0.2, 0.25) is 0 Å². The maximum atomic E-state index is 8.88. The Morgan fingerprint density at radius 1 is 1.17 bits per heavy atom. The second-order valence-electron chi connectivity index (χ2n) is 5.00. The number of nitriles is 1. The van der Waals surface area contributed by atoms with Gasteiger partial charge in [0.15, 0.2) is 5.16 Å². The van der Waals surface area contributed by atoms with Gasteiger partial charge in [-0.2, -0.15) is 5.26 Å². The predicted molar refractivity (Wildman–Crippen MR) is 97.8 cm³/mol. The van der Waals surface area contributed by atoms with Crippen molar-refractivity contribution in [3.8, 4) is 23.0 Å². The summed E-state index contributed by atoms with van der Waals surface area (Å²) in [5.41, 5.74) is 4.37. The van der Waals surface area contributed by atoms with Crippen LogP contribution in [0.25, 0.3) is 16.9 Å². The zero-order valence-electron chi connectivity index (χ0n) is 12.5. The van der Waals surface area contributed by atoms with E-state index in [1.165, 1.54) is 17.3 Å². The molecule has 0 spiro atoms. The molecule has 3 rings (SSSR count). The average Bonchev–Trinajstić information content (AvgIpc) is 2.98. The highest BCUT2D eigenvalue weighted by Gasteiger charge is 2.15. The molecule has 0 saturated carbocycles. The normalized spacial score (nSPS) is 10.5. The number of rotatable bonds is 4. The monoisotopic (exact) mass is 383 g/mol. The van der Waals surface area contributed by atoms with E-state index < -0.39 is 0 Å². The molecular formula is C18H14BrN3S. The van der Waals surface area contributed by atoms with E-state index in [1.54, 1.807) is 0 Å². The molecule has 1 aromatic heterocycles. The van der Waals surface area contributed by atoms with Crippen LogP contribution in [0.1, 0.15) is 5.56 Å². The summed E-state index contributed by atoms with van der Waals surface area (Å²) in [6.45, 7) is 2.08. The minimum Gasteiger partial charge on any atom is -0.287 e. The fraction of sp³-hybridized carbons (Fsp3) is 0.111. The molecule has 0 atom stereocenters. The number of para-hydroxylation sites is 1. The van der Waals surface area contributed by atoms with E-state index in [4.69, 9.17) is 5.26 Å². The quantitative estimate of drug-likeness (QED) is 0.579. The van der Waals surface area contributed by atoms with Gasteiger partial charge in [-0.1, -0.05) is 58.0 Å². The highest BCUT2D eigenvalue weighted by Crippen LogP contribution is 2.31. The Bertz CT molecular complexity index is 863. The van der Waals surface area contributed by atoms with E-state index in [9.17, 15) is 0 Å². The molecule has 2 aromatic carbocycles. The Balaban J connectivity index is 2.17. The van der Waals surface area contributed by atoms with Crippen molar-refractivity contribution >= 4 is 27.7 Å². The molecule has 0 radical (unpaired) electrons. The molecule has 0 unspecified atom stereocenters. The molecule has 114 valence electrons. The Morgan fingerprint density at radius 2 is 1.91 bits per heavy atom. The summed E-state index contributed by atoms with van der Waals surface area (Å²) in [7, 11) is 0. The fourth-order valence-corrected chi connectivity index (χ4v) is 3.32. The molecule has 3 aromatic rings. The second-order valence-corrected chi connectivity index (χ2v) is 6.86. The lowest BCUT2D eigenvalue weighted by atomic mass is 10.1. The van der Waals surface area contributed by atoms with Crippen LogP contribution in [0.3, 0.4) is 0 Å².